The molecule has 0 aromatic rings. The summed E-state index contributed by atoms with van der Waals surface area (Å²) in [5.74, 6) is 0.154. The molecule has 0 amide bonds. The first kappa shape index (κ1) is 58.2. The van der Waals surface area contributed by atoms with Crippen molar-refractivity contribution in [1.29, 1.82) is 0 Å². The second kappa shape index (κ2) is 45.3. The molecule has 0 spiro atoms. The molecule has 1 N–H and O–H groups in total. The van der Waals surface area contributed by atoms with E-state index in [1.807, 2.05) is 0 Å². The highest BCUT2D eigenvalue weighted by atomic mass is 28.4. The molecule has 0 saturated carbocycles. The maximum atomic E-state index is 13.0. The van der Waals surface area contributed by atoms with Crippen LogP contribution in [0.3, 0.4) is 0 Å². The zero-order chi connectivity index (χ0) is 43.3. The minimum absolute atomic E-state index is 0.0605. The SMILES string of the molecule is CC/C=C\CCCCCOC(CCCCCCC)O[Si](C)(C)OCCCCCCN(CCCCO)CCCCCCOC(=O)C(CCCCCC)CCCCCCCC. The summed E-state index contributed by atoms with van der Waals surface area (Å²) < 4.78 is 25.2. The minimum atomic E-state index is -2.28. The van der Waals surface area contributed by atoms with E-state index in [0.29, 0.717) is 6.61 Å². The molecule has 0 fully saturated rings. The first-order valence-corrected chi connectivity index (χ1v) is 28.7. The Morgan fingerprint density at radius 3 is 1.61 bits per heavy atom. The average molecular weight is 854 g/mol. The van der Waals surface area contributed by atoms with Gasteiger partial charge in [0.15, 0.2) is 0 Å². The molecule has 0 aliphatic rings. The summed E-state index contributed by atoms with van der Waals surface area (Å²) in [6.45, 7) is 19.0. The molecule has 0 radical (unpaired) electrons. The molecule has 0 aliphatic heterocycles. The lowest BCUT2D eigenvalue weighted by molar-refractivity contribution is -0.149. The third-order valence-corrected chi connectivity index (χ3v) is 13.4. The van der Waals surface area contributed by atoms with Gasteiger partial charge >= 0.3 is 14.5 Å². The molecule has 2 unspecified atom stereocenters. The van der Waals surface area contributed by atoms with Crippen molar-refractivity contribution in [2.45, 2.75) is 259 Å². The molecule has 0 saturated heterocycles. The van der Waals surface area contributed by atoms with Crippen molar-refractivity contribution >= 4 is 14.5 Å². The molecule has 0 rings (SSSR count). The summed E-state index contributed by atoms with van der Waals surface area (Å²) in [6.07, 6.45) is 43.0. The van der Waals surface area contributed by atoms with Crippen molar-refractivity contribution in [2.24, 2.45) is 5.92 Å². The fraction of sp³-hybridized carbons (Fsp3) is 0.941. The molecule has 0 aromatic carbocycles. The first-order valence-electron chi connectivity index (χ1n) is 25.9. The third-order valence-electron chi connectivity index (χ3n) is 11.6. The van der Waals surface area contributed by atoms with Crippen LogP contribution in [0.4, 0.5) is 0 Å². The number of esters is 1. The molecule has 8 heteroatoms. The van der Waals surface area contributed by atoms with Gasteiger partial charge in [0.25, 0.3) is 0 Å². The van der Waals surface area contributed by atoms with Gasteiger partial charge in [0.05, 0.1) is 12.5 Å². The van der Waals surface area contributed by atoms with Crippen LogP contribution < -0.4 is 0 Å². The van der Waals surface area contributed by atoms with E-state index in [2.05, 4.69) is 57.8 Å². The average Bonchev–Trinajstić information content (AvgIpc) is 3.22. The van der Waals surface area contributed by atoms with E-state index >= 15 is 0 Å². The van der Waals surface area contributed by atoms with Crippen LogP contribution in [0.25, 0.3) is 0 Å². The number of aliphatic hydroxyl groups is 1. The van der Waals surface area contributed by atoms with Gasteiger partial charge in [0.2, 0.25) is 0 Å². The van der Waals surface area contributed by atoms with Gasteiger partial charge in [-0.1, -0.05) is 162 Å². The maximum Gasteiger partial charge on any atom is 0.333 e. The number of allylic oxidation sites excluding steroid dienone is 2. The molecule has 0 aliphatic carbocycles. The largest absolute Gasteiger partial charge is 0.465 e. The van der Waals surface area contributed by atoms with Crippen LogP contribution in [0.5, 0.6) is 0 Å². The van der Waals surface area contributed by atoms with Gasteiger partial charge in [-0.2, -0.15) is 0 Å². The maximum absolute atomic E-state index is 13.0. The van der Waals surface area contributed by atoms with Gasteiger partial charge < -0.3 is 28.3 Å². The number of ether oxygens (including phenoxy) is 2. The van der Waals surface area contributed by atoms with Crippen LogP contribution in [0.15, 0.2) is 12.2 Å². The van der Waals surface area contributed by atoms with Gasteiger partial charge in [0.1, 0.15) is 6.29 Å². The number of hydrogen-bond acceptors (Lipinski definition) is 7. The molecule has 352 valence electrons. The predicted octanol–water partition coefficient (Wildman–Crippen LogP) is 15.0. The van der Waals surface area contributed by atoms with E-state index in [1.54, 1.807) is 0 Å². The number of rotatable bonds is 48. The predicted molar refractivity (Wildman–Crippen MR) is 256 cm³/mol. The fourth-order valence-electron chi connectivity index (χ4n) is 7.82. The van der Waals surface area contributed by atoms with Crippen LogP contribution in [0.1, 0.15) is 240 Å². The number of hydrogen-bond donors (Lipinski definition) is 1. The van der Waals surface area contributed by atoms with Crippen molar-refractivity contribution in [3.63, 3.8) is 0 Å². The number of nitrogens with zero attached hydrogens (tertiary/aromatic N) is 1. The molecule has 0 aromatic heterocycles. The fourth-order valence-corrected chi connectivity index (χ4v) is 9.35. The third kappa shape index (κ3) is 41.0. The van der Waals surface area contributed by atoms with Crippen molar-refractivity contribution in [3.05, 3.63) is 12.2 Å². The topological polar surface area (TPSA) is 77.5 Å². The van der Waals surface area contributed by atoms with Gasteiger partial charge in [-0.3, -0.25) is 4.79 Å². The van der Waals surface area contributed by atoms with Crippen molar-refractivity contribution in [2.75, 3.05) is 46.1 Å². The summed E-state index contributed by atoms with van der Waals surface area (Å²) in [4.78, 5) is 15.6. The zero-order valence-corrected chi connectivity index (χ0v) is 41.5. The Bertz CT molecular complexity index is 888. The molecule has 0 bridgehead atoms. The lowest BCUT2D eigenvalue weighted by Gasteiger charge is -2.29. The van der Waals surface area contributed by atoms with Crippen LogP contribution >= 0.6 is 0 Å². The van der Waals surface area contributed by atoms with Crippen LogP contribution in [0.2, 0.25) is 13.1 Å². The molecule has 0 heterocycles. The van der Waals surface area contributed by atoms with E-state index in [4.69, 9.17) is 18.3 Å². The van der Waals surface area contributed by atoms with Crippen molar-refractivity contribution in [1.82, 2.24) is 4.90 Å². The normalized spacial score (nSPS) is 13.2. The summed E-state index contributed by atoms with van der Waals surface area (Å²) in [5.41, 5.74) is 0. The zero-order valence-electron chi connectivity index (χ0n) is 40.5. The molecule has 59 heavy (non-hydrogen) atoms. The van der Waals surface area contributed by atoms with E-state index < -0.39 is 8.56 Å². The second-order valence-corrected chi connectivity index (χ2v) is 21.3. The summed E-state index contributed by atoms with van der Waals surface area (Å²) in [5, 5.41) is 9.37. The van der Waals surface area contributed by atoms with E-state index in [-0.39, 0.29) is 24.8 Å². The Morgan fingerprint density at radius 1 is 0.542 bits per heavy atom. The smallest absolute Gasteiger partial charge is 0.333 e. The quantitative estimate of drug-likeness (QED) is 0.0215. The Balaban J connectivity index is 4.47. The highest BCUT2D eigenvalue weighted by Crippen LogP contribution is 2.22. The summed E-state index contributed by atoms with van der Waals surface area (Å²) >= 11 is 0. The van der Waals surface area contributed by atoms with E-state index in [9.17, 15) is 9.90 Å². The Hall–Kier alpha value is -0.773. The van der Waals surface area contributed by atoms with E-state index in [1.165, 1.54) is 128 Å². The highest BCUT2D eigenvalue weighted by molar-refractivity contribution is 6.64. The Labute approximate surface area is 369 Å². The van der Waals surface area contributed by atoms with Crippen LogP contribution in [0, 0.1) is 5.92 Å². The van der Waals surface area contributed by atoms with Gasteiger partial charge in [-0.15, -0.1) is 0 Å². The van der Waals surface area contributed by atoms with Crippen molar-refractivity contribution < 1.29 is 28.2 Å². The summed E-state index contributed by atoms with van der Waals surface area (Å²) in [7, 11) is -2.28. The highest BCUT2D eigenvalue weighted by Gasteiger charge is 2.29. The number of unbranched alkanes of at least 4 members (excludes halogenated alkanes) is 22. The molecule has 2 atom stereocenters. The number of carbonyl (C=O) groups excluding carboxylic acids is 1. The Morgan fingerprint density at radius 2 is 1.02 bits per heavy atom. The second-order valence-electron chi connectivity index (χ2n) is 18.0. The molecule has 7 nitrogen and oxygen atoms in total. The first-order chi connectivity index (χ1) is 28.8. The molecular formula is C51H103NO6Si. The summed E-state index contributed by atoms with van der Waals surface area (Å²) in [6, 6.07) is 0. The minimum Gasteiger partial charge on any atom is -0.465 e. The van der Waals surface area contributed by atoms with Gasteiger partial charge in [0, 0.05) is 19.8 Å². The molecular weight excluding hydrogens is 751 g/mol. The number of carbonyl (C=O) groups is 1. The van der Waals surface area contributed by atoms with Crippen LogP contribution in [-0.2, 0) is 23.1 Å². The van der Waals surface area contributed by atoms with Gasteiger partial charge in [-0.05, 0) is 123 Å². The number of aliphatic hydroxyl groups excluding tert-OH is 1. The standard InChI is InChI=1S/C51H103NO6Si/c1-7-11-15-19-21-26-36-46-55-50(41-31-22-17-13-9-3)58-59(5,6)57-48-38-28-25-33-43-52(44-34-35-45-53)42-32-24-27-37-47-56-51(54)49(39-29-18-14-10-4)40-30-23-20-16-12-8-2/h11,15,49-50,53H,7-10,12-14,16-48H2,1-6H3/b15-11-. The lowest BCUT2D eigenvalue weighted by atomic mass is 9.94. The van der Waals surface area contributed by atoms with Gasteiger partial charge in [-0.25, -0.2) is 0 Å². The monoisotopic (exact) mass is 854 g/mol. The Kier molecular flexibility index (Phi) is 44.7. The van der Waals surface area contributed by atoms with Crippen molar-refractivity contribution in [3.8, 4) is 0 Å². The lowest BCUT2D eigenvalue weighted by Crippen LogP contribution is -2.40. The van der Waals surface area contributed by atoms with Crippen LogP contribution in [-0.4, -0.2) is 76.9 Å². The van der Waals surface area contributed by atoms with E-state index in [0.717, 1.165) is 116 Å².